The van der Waals surface area contributed by atoms with E-state index >= 15 is 0 Å². The first-order valence-electron chi connectivity index (χ1n) is 5.32. The van der Waals surface area contributed by atoms with Gasteiger partial charge in [-0.15, -0.1) is 0 Å². The molecule has 1 aromatic rings. The Hall–Kier alpha value is -1.13. The van der Waals surface area contributed by atoms with Crippen molar-refractivity contribution < 1.29 is 8.42 Å². The Labute approximate surface area is 95.9 Å². The van der Waals surface area contributed by atoms with Gasteiger partial charge >= 0.3 is 0 Å². The Morgan fingerprint density at radius 1 is 1.31 bits per heavy atom. The number of hydrogen-bond acceptors (Lipinski definition) is 3. The highest BCUT2D eigenvalue weighted by Crippen LogP contribution is 2.34. The van der Waals surface area contributed by atoms with Gasteiger partial charge in [0.1, 0.15) is 0 Å². The molecule has 0 unspecified atom stereocenters. The van der Waals surface area contributed by atoms with E-state index in [-0.39, 0.29) is 0 Å². The van der Waals surface area contributed by atoms with Crippen LogP contribution in [0, 0.1) is 0 Å². The lowest BCUT2D eigenvalue weighted by Gasteiger charge is -2.05. The van der Waals surface area contributed by atoms with Crippen LogP contribution in [0.5, 0.6) is 0 Å². The maximum Gasteiger partial charge on any atom is 0.203 e. The highest BCUT2D eigenvalue weighted by Gasteiger charge is 2.27. The molecular weight excluding hydrogens is 222 g/mol. The fraction of sp³-hybridized carbons (Fsp3) is 0.333. The molecule has 86 valence electrons. The molecule has 0 radical (unpaired) electrons. The predicted molar refractivity (Wildman–Crippen MR) is 64.7 cm³/mol. The van der Waals surface area contributed by atoms with Gasteiger partial charge in [0.15, 0.2) is 0 Å². The van der Waals surface area contributed by atoms with E-state index in [1.54, 1.807) is 25.1 Å². The van der Waals surface area contributed by atoms with Crippen molar-refractivity contribution >= 4 is 15.9 Å². The lowest BCUT2D eigenvalue weighted by Crippen LogP contribution is -2.03. The second kappa shape index (κ2) is 4.03. The topological polar surface area (TPSA) is 60.2 Å². The summed E-state index contributed by atoms with van der Waals surface area (Å²) < 4.78 is 23.8. The molecule has 0 amide bonds. The number of fused-ring (bicyclic) bond motifs is 1. The van der Waals surface area contributed by atoms with E-state index in [1.807, 2.05) is 6.07 Å². The standard InChI is InChI=1S/C12H15NO2S/c1-9-8-11-10(5-3-7-13)4-2-6-12(11)16(9,14)15/h2,4,6,8H,3,5,7,13H2,1H3. The molecule has 0 fully saturated rings. The lowest BCUT2D eigenvalue weighted by atomic mass is 10.0. The minimum absolute atomic E-state index is 0.433. The van der Waals surface area contributed by atoms with Crippen LogP contribution < -0.4 is 5.73 Å². The zero-order valence-corrected chi connectivity index (χ0v) is 10.0. The van der Waals surface area contributed by atoms with Gasteiger partial charge in [-0.05, 0) is 49.6 Å². The molecular formula is C12H15NO2S. The van der Waals surface area contributed by atoms with Crippen LogP contribution in [0.3, 0.4) is 0 Å². The van der Waals surface area contributed by atoms with Crippen molar-refractivity contribution in [3.05, 3.63) is 34.2 Å². The zero-order chi connectivity index (χ0) is 11.8. The minimum atomic E-state index is -3.20. The van der Waals surface area contributed by atoms with Crippen molar-refractivity contribution in [1.82, 2.24) is 0 Å². The summed E-state index contributed by atoms with van der Waals surface area (Å²) in [6.45, 7) is 2.27. The molecule has 0 aromatic heterocycles. The van der Waals surface area contributed by atoms with Gasteiger partial charge in [-0.25, -0.2) is 8.42 Å². The summed E-state index contributed by atoms with van der Waals surface area (Å²) in [6.07, 6.45) is 3.47. The normalized spacial score (nSPS) is 17.0. The molecule has 1 aromatic carbocycles. The van der Waals surface area contributed by atoms with Crippen molar-refractivity contribution in [1.29, 1.82) is 0 Å². The highest BCUT2D eigenvalue weighted by molar-refractivity contribution is 7.95. The van der Waals surface area contributed by atoms with Gasteiger partial charge in [0.2, 0.25) is 9.84 Å². The number of allylic oxidation sites excluding steroid dienone is 1. The van der Waals surface area contributed by atoms with Gasteiger partial charge in [0.25, 0.3) is 0 Å². The number of benzene rings is 1. The quantitative estimate of drug-likeness (QED) is 0.870. The number of hydrogen-bond donors (Lipinski definition) is 1. The summed E-state index contributed by atoms with van der Waals surface area (Å²) in [4.78, 5) is 0.877. The monoisotopic (exact) mass is 237 g/mol. The fourth-order valence-corrected chi connectivity index (χ4v) is 3.31. The van der Waals surface area contributed by atoms with E-state index in [4.69, 9.17) is 5.73 Å². The maximum atomic E-state index is 11.9. The number of aryl methyl sites for hydroxylation is 1. The lowest BCUT2D eigenvalue weighted by molar-refractivity contribution is 0.603. The average molecular weight is 237 g/mol. The fourth-order valence-electron chi connectivity index (χ4n) is 1.95. The molecule has 1 heterocycles. The van der Waals surface area contributed by atoms with E-state index in [1.165, 1.54) is 0 Å². The van der Waals surface area contributed by atoms with Gasteiger partial charge in [0, 0.05) is 4.91 Å². The predicted octanol–water partition coefficient (Wildman–Crippen LogP) is 1.73. The van der Waals surface area contributed by atoms with Crippen LogP contribution >= 0.6 is 0 Å². The summed E-state index contributed by atoms with van der Waals surface area (Å²) in [7, 11) is -3.20. The van der Waals surface area contributed by atoms with Crippen LogP contribution in [0.25, 0.3) is 6.08 Å². The molecule has 0 atom stereocenters. The van der Waals surface area contributed by atoms with Gasteiger partial charge in [-0.3, -0.25) is 0 Å². The first-order chi connectivity index (χ1) is 7.57. The Balaban J connectivity index is 2.52. The molecule has 0 bridgehead atoms. The molecule has 2 N–H and O–H groups in total. The second-order valence-electron chi connectivity index (χ2n) is 3.98. The molecule has 0 saturated heterocycles. The van der Waals surface area contributed by atoms with Crippen molar-refractivity contribution in [2.45, 2.75) is 24.7 Å². The molecule has 0 spiro atoms. The van der Waals surface area contributed by atoms with Crippen LogP contribution in [0.1, 0.15) is 24.5 Å². The average Bonchev–Trinajstić information content (AvgIpc) is 2.49. The summed E-state index contributed by atoms with van der Waals surface area (Å²) >= 11 is 0. The first-order valence-corrected chi connectivity index (χ1v) is 6.81. The molecule has 4 heteroatoms. The van der Waals surface area contributed by atoms with E-state index < -0.39 is 9.84 Å². The SMILES string of the molecule is CC1=Cc2c(CCCN)cccc2S1(=O)=O. The zero-order valence-electron chi connectivity index (χ0n) is 9.23. The molecule has 3 nitrogen and oxygen atoms in total. The van der Waals surface area contributed by atoms with E-state index in [2.05, 4.69) is 0 Å². The Kier molecular flexibility index (Phi) is 2.86. The molecule has 0 aliphatic carbocycles. The summed E-state index contributed by atoms with van der Waals surface area (Å²) in [5.41, 5.74) is 7.40. The second-order valence-corrected chi connectivity index (χ2v) is 6.07. The van der Waals surface area contributed by atoms with Gasteiger partial charge in [-0.2, -0.15) is 0 Å². The van der Waals surface area contributed by atoms with Crippen molar-refractivity contribution in [3.8, 4) is 0 Å². The van der Waals surface area contributed by atoms with E-state index in [0.29, 0.717) is 16.3 Å². The van der Waals surface area contributed by atoms with Crippen LogP contribution in [-0.2, 0) is 16.3 Å². The summed E-state index contributed by atoms with van der Waals surface area (Å²) in [6, 6.07) is 5.44. The first kappa shape index (κ1) is 11.4. The van der Waals surface area contributed by atoms with Crippen LogP contribution in [0.2, 0.25) is 0 Å². The van der Waals surface area contributed by atoms with Crippen molar-refractivity contribution in [3.63, 3.8) is 0 Å². The Morgan fingerprint density at radius 3 is 2.75 bits per heavy atom. The number of sulfone groups is 1. The number of rotatable bonds is 3. The van der Waals surface area contributed by atoms with Crippen molar-refractivity contribution in [2.75, 3.05) is 6.54 Å². The largest absolute Gasteiger partial charge is 0.330 e. The van der Waals surface area contributed by atoms with E-state index in [0.717, 1.165) is 24.0 Å². The molecule has 2 rings (SSSR count). The Bertz CT molecular complexity index is 544. The van der Waals surface area contributed by atoms with E-state index in [9.17, 15) is 8.42 Å². The van der Waals surface area contributed by atoms with Crippen LogP contribution in [-0.4, -0.2) is 15.0 Å². The summed E-state index contributed by atoms with van der Waals surface area (Å²) in [5.74, 6) is 0. The van der Waals surface area contributed by atoms with Crippen LogP contribution in [0.4, 0.5) is 0 Å². The third kappa shape index (κ3) is 1.68. The molecule has 1 aliphatic rings. The molecule has 0 saturated carbocycles. The summed E-state index contributed by atoms with van der Waals surface area (Å²) in [5, 5.41) is 0. The Morgan fingerprint density at radius 2 is 2.06 bits per heavy atom. The third-order valence-electron chi connectivity index (χ3n) is 2.87. The molecule has 16 heavy (non-hydrogen) atoms. The van der Waals surface area contributed by atoms with Gasteiger partial charge in [-0.1, -0.05) is 12.1 Å². The molecule has 1 aliphatic heterocycles. The van der Waals surface area contributed by atoms with Gasteiger partial charge < -0.3 is 5.73 Å². The number of nitrogens with two attached hydrogens (primary N) is 1. The highest BCUT2D eigenvalue weighted by atomic mass is 32.2. The van der Waals surface area contributed by atoms with Gasteiger partial charge in [0.05, 0.1) is 4.90 Å². The minimum Gasteiger partial charge on any atom is -0.330 e. The van der Waals surface area contributed by atoms with Crippen LogP contribution in [0.15, 0.2) is 28.0 Å². The third-order valence-corrected chi connectivity index (χ3v) is 4.77. The smallest absolute Gasteiger partial charge is 0.203 e. The van der Waals surface area contributed by atoms with Crippen molar-refractivity contribution in [2.24, 2.45) is 5.73 Å². The maximum absolute atomic E-state index is 11.9.